The van der Waals surface area contributed by atoms with Gasteiger partial charge in [0, 0.05) is 0 Å². The normalized spacial score (nSPS) is 12.9. The van der Waals surface area contributed by atoms with Crippen molar-refractivity contribution in [2.45, 2.75) is 0 Å². The molecule has 9 heavy (non-hydrogen) atoms. The first-order valence-electron chi connectivity index (χ1n) is 3.07. The molecule has 0 saturated carbocycles. The topological polar surface area (TPSA) is 0 Å². The second-order valence-corrected chi connectivity index (χ2v) is 2.15. The van der Waals surface area contributed by atoms with Crippen molar-refractivity contribution in [3.63, 3.8) is 0 Å². The van der Waals surface area contributed by atoms with Gasteiger partial charge in [-0.05, 0) is 5.56 Å². The first-order valence-corrected chi connectivity index (χ1v) is 3.07. The molecule has 0 saturated heterocycles. The second kappa shape index (κ2) is 1.76. The lowest BCUT2D eigenvalue weighted by Crippen LogP contribution is -2.09. The first-order chi connectivity index (χ1) is 4.47. The Morgan fingerprint density at radius 1 is 1.11 bits per heavy atom. The Hall–Kier alpha value is -0.975. The van der Waals surface area contributed by atoms with Gasteiger partial charge in [0.1, 0.15) is 0 Å². The number of rotatable bonds is 0. The largest absolute Gasteiger partial charge is 0.182 e. The number of fused-ring (bicyclic) bond motifs is 1. The molecule has 0 nitrogen and oxygen atoms in total. The van der Waals surface area contributed by atoms with Crippen molar-refractivity contribution in [3.8, 4) is 0 Å². The van der Waals surface area contributed by atoms with Crippen LogP contribution in [0.25, 0.3) is 6.08 Å². The molecule has 0 aliphatic carbocycles. The summed E-state index contributed by atoms with van der Waals surface area (Å²) in [5.74, 6) is 2.07. The van der Waals surface area contributed by atoms with Gasteiger partial charge in [-0.15, -0.1) is 5.98 Å². The van der Waals surface area contributed by atoms with Crippen molar-refractivity contribution in [1.29, 1.82) is 0 Å². The molecule has 0 N–H and O–H groups in total. The fraction of sp³-hybridized carbons (Fsp3) is 0. The average Bonchev–Trinajstić information content (AvgIpc) is 2.33. The summed E-state index contributed by atoms with van der Waals surface area (Å²) in [6.07, 6.45) is 2.12. The molecule has 1 aliphatic rings. The molecular formula is C8H6B. The van der Waals surface area contributed by atoms with Crippen molar-refractivity contribution in [1.82, 2.24) is 0 Å². The highest BCUT2D eigenvalue weighted by Crippen LogP contribution is 2.02. The highest BCUT2D eigenvalue weighted by atomic mass is 13.9. The van der Waals surface area contributed by atoms with Gasteiger partial charge in [-0.1, -0.05) is 35.8 Å². The van der Waals surface area contributed by atoms with Crippen LogP contribution < -0.4 is 5.46 Å². The van der Waals surface area contributed by atoms with Gasteiger partial charge in [-0.25, -0.2) is 0 Å². The summed E-state index contributed by atoms with van der Waals surface area (Å²) in [6, 6.07) is 8.36. The zero-order valence-corrected chi connectivity index (χ0v) is 5.04. The van der Waals surface area contributed by atoms with Gasteiger partial charge in [0.25, 0.3) is 0 Å². The SMILES string of the molecule is [B]1C=Cc2ccccc21. The Morgan fingerprint density at radius 3 is 2.89 bits per heavy atom. The van der Waals surface area contributed by atoms with Crippen molar-refractivity contribution >= 4 is 18.8 Å². The number of hydrogen-bond acceptors (Lipinski definition) is 0. The quantitative estimate of drug-likeness (QED) is 0.440. The van der Waals surface area contributed by atoms with E-state index in [2.05, 4.69) is 43.6 Å². The molecule has 0 atom stereocenters. The van der Waals surface area contributed by atoms with Crippen molar-refractivity contribution in [2.24, 2.45) is 0 Å². The van der Waals surface area contributed by atoms with E-state index in [1.807, 2.05) is 0 Å². The maximum absolute atomic E-state index is 2.12. The smallest absolute Gasteiger partial charge is 0.116 e. The zero-order valence-electron chi connectivity index (χ0n) is 5.04. The van der Waals surface area contributed by atoms with Crippen LogP contribution in [-0.2, 0) is 0 Å². The molecule has 0 spiro atoms. The van der Waals surface area contributed by atoms with E-state index in [4.69, 9.17) is 0 Å². The summed E-state index contributed by atoms with van der Waals surface area (Å²) in [6.45, 7) is 0. The fourth-order valence-corrected chi connectivity index (χ4v) is 1.07. The van der Waals surface area contributed by atoms with E-state index < -0.39 is 0 Å². The molecule has 0 fully saturated rings. The minimum atomic E-state index is 1.33. The monoisotopic (exact) mass is 113 g/mol. The van der Waals surface area contributed by atoms with Crippen LogP contribution in [0.3, 0.4) is 0 Å². The summed E-state index contributed by atoms with van der Waals surface area (Å²) >= 11 is 0. The van der Waals surface area contributed by atoms with E-state index in [0.717, 1.165) is 0 Å². The van der Waals surface area contributed by atoms with Gasteiger partial charge in [-0.2, -0.15) is 0 Å². The molecule has 1 heteroatoms. The highest BCUT2D eigenvalue weighted by molar-refractivity contribution is 6.62. The minimum Gasteiger partial charge on any atom is -0.116 e. The predicted molar refractivity (Wildman–Crippen MR) is 40.9 cm³/mol. The third kappa shape index (κ3) is 0.691. The zero-order chi connectivity index (χ0) is 6.10. The van der Waals surface area contributed by atoms with Gasteiger partial charge in [0.2, 0.25) is 0 Å². The summed E-state index contributed by atoms with van der Waals surface area (Å²) in [7, 11) is 2.12. The molecule has 2 rings (SSSR count). The van der Waals surface area contributed by atoms with E-state index in [-0.39, 0.29) is 0 Å². The van der Waals surface area contributed by atoms with Crippen LogP contribution >= 0.6 is 0 Å². The van der Waals surface area contributed by atoms with E-state index in [0.29, 0.717) is 0 Å². The lowest BCUT2D eigenvalue weighted by atomic mass is 9.74. The highest BCUT2D eigenvalue weighted by Gasteiger charge is 2.01. The first kappa shape index (κ1) is 4.86. The Bertz CT molecular complexity index is 250. The van der Waals surface area contributed by atoms with Gasteiger partial charge >= 0.3 is 0 Å². The summed E-state index contributed by atoms with van der Waals surface area (Å²) in [5.41, 5.74) is 2.66. The van der Waals surface area contributed by atoms with Gasteiger partial charge in [-0.3, -0.25) is 0 Å². The number of benzene rings is 1. The van der Waals surface area contributed by atoms with Crippen molar-refractivity contribution in [3.05, 3.63) is 35.8 Å². The summed E-state index contributed by atoms with van der Waals surface area (Å²) in [5, 5.41) is 0. The van der Waals surface area contributed by atoms with Crippen LogP contribution in [0, 0.1) is 0 Å². The average molecular weight is 113 g/mol. The Morgan fingerprint density at radius 2 is 2.00 bits per heavy atom. The van der Waals surface area contributed by atoms with Crippen LogP contribution in [0.5, 0.6) is 0 Å². The van der Waals surface area contributed by atoms with Crippen LogP contribution in [0.2, 0.25) is 0 Å². The molecule has 1 aromatic carbocycles. The molecule has 0 aromatic heterocycles. The Kier molecular flexibility index (Phi) is 0.953. The third-order valence-corrected chi connectivity index (χ3v) is 1.55. The van der Waals surface area contributed by atoms with Gasteiger partial charge < -0.3 is 0 Å². The standard InChI is InChI=1S/C8H6B/c1-2-4-8-7(3-1)5-6-9-8/h1-6H. The lowest BCUT2D eigenvalue weighted by Gasteiger charge is -1.92. The summed E-state index contributed by atoms with van der Waals surface area (Å²) < 4.78 is 0. The molecule has 1 radical (unpaired) electrons. The van der Waals surface area contributed by atoms with Crippen molar-refractivity contribution < 1.29 is 0 Å². The minimum absolute atomic E-state index is 1.33. The van der Waals surface area contributed by atoms with E-state index in [1.165, 1.54) is 11.0 Å². The second-order valence-electron chi connectivity index (χ2n) is 2.15. The van der Waals surface area contributed by atoms with Gasteiger partial charge in [0.05, 0.1) is 0 Å². The molecule has 0 amide bonds. The van der Waals surface area contributed by atoms with E-state index >= 15 is 0 Å². The molecule has 1 aromatic rings. The van der Waals surface area contributed by atoms with Gasteiger partial charge in [0.15, 0.2) is 7.28 Å². The maximum atomic E-state index is 2.12. The third-order valence-electron chi connectivity index (χ3n) is 1.55. The molecule has 0 unspecified atom stereocenters. The lowest BCUT2D eigenvalue weighted by molar-refractivity contribution is 1.73. The van der Waals surface area contributed by atoms with Crippen LogP contribution in [-0.4, -0.2) is 7.28 Å². The number of hydrogen-bond donors (Lipinski definition) is 0. The van der Waals surface area contributed by atoms with Crippen molar-refractivity contribution in [2.75, 3.05) is 0 Å². The molecule has 1 heterocycles. The maximum Gasteiger partial charge on any atom is 0.182 e. The fourth-order valence-electron chi connectivity index (χ4n) is 1.07. The van der Waals surface area contributed by atoms with Crippen LogP contribution in [0.1, 0.15) is 5.56 Å². The predicted octanol–water partition coefficient (Wildman–Crippen LogP) is 1.00. The Balaban J connectivity index is 2.63. The van der Waals surface area contributed by atoms with Crippen LogP contribution in [0.4, 0.5) is 0 Å². The summed E-state index contributed by atoms with van der Waals surface area (Å²) in [4.78, 5) is 0. The van der Waals surface area contributed by atoms with Crippen LogP contribution in [0.15, 0.2) is 30.2 Å². The molecule has 1 aliphatic heterocycles. The van der Waals surface area contributed by atoms with E-state index in [9.17, 15) is 0 Å². The van der Waals surface area contributed by atoms with E-state index in [1.54, 1.807) is 0 Å². The molecule has 41 valence electrons. The Labute approximate surface area is 55.5 Å². The molecular weight excluding hydrogens is 107 g/mol. The molecule has 0 bridgehead atoms.